The number of rotatable bonds is 5. The van der Waals surface area contributed by atoms with Gasteiger partial charge in [-0.25, -0.2) is 19.6 Å². The zero-order valence-electron chi connectivity index (χ0n) is 15.6. The van der Waals surface area contributed by atoms with Gasteiger partial charge in [0.1, 0.15) is 12.1 Å². The van der Waals surface area contributed by atoms with Crippen LogP contribution >= 0.6 is 0 Å². The molecule has 1 aliphatic rings. The molecular formula is C19H23N7O. The Bertz CT molecular complexity index is 902. The Labute approximate surface area is 158 Å². The summed E-state index contributed by atoms with van der Waals surface area (Å²) in [6, 6.07) is 8.00. The van der Waals surface area contributed by atoms with E-state index in [9.17, 15) is 0 Å². The summed E-state index contributed by atoms with van der Waals surface area (Å²) in [5.41, 5.74) is 2.19. The van der Waals surface area contributed by atoms with Crippen LogP contribution in [0.5, 0.6) is 5.88 Å². The quantitative estimate of drug-likeness (QED) is 0.681. The predicted molar refractivity (Wildman–Crippen MR) is 102 cm³/mol. The first kappa shape index (κ1) is 17.4. The van der Waals surface area contributed by atoms with E-state index in [-0.39, 0.29) is 0 Å². The molecule has 0 amide bonds. The van der Waals surface area contributed by atoms with Gasteiger partial charge in [0.25, 0.3) is 0 Å². The lowest BCUT2D eigenvalue weighted by atomic mass is 10.2. The fourth-order valence-corrected chi connectivity index (χ4v) is 3.23. The number of aromatic nitrogens is 5. The van der Waals surface area contributed by atoms with Gasteiger partial charge in [0.15, 0.2) is 5.82 Å². The van der Waals surface area contributed by atoms with Crippen molar-refractivity contribution in [1.29, 1.82) is 0 Å². The van der Waals surface area contributed by atoms with Gasteiger partial charge in [0.05, 0.1) is 12.8 Å². The van der Waals surface area contributed by atoms with E-state index < -0.39 is 0 Å². The summed E-state index contributed by atoms with van der Waals surface area (Å²) in [7, 11) is 1.64. The molecule has 0 unspecified atom stereocenters. The average Bonchev–Trinajstić information content (AvgIpc) is 3.15. The monoisotopic (exact) mass is 365 g/mol. The second kappa shape index (κ2) is 7.71. The maximum absolute atomic E-state index is 5.21. The van der Waals surface area contributed by atoms with E-state index in [4.69, 9.17) is 4.74 Å². The molecule has 8 heteroatoms. The molecule has 0 N–H and O–H groups in total. The van der Waals surface area contributed by atoms with E-state index in [1.165, 1.54) is 5.56 Å². The largest absolute Gasteiger partial charge is 0.481 e. The van der Waals surface area contributed by atoms with Gasteiger partial charge < -0.3 is 9.64 Å². The second-order valence-corrected chi connectivity index (χ2v) is 6.61. The van der Waals surface area contributed by atoms with Gasteiger partial charge in [-0.15, -0.1) is 0 Å². The summed E-state index contributed by atoms with van der Waals surface area (Å²) in [5.74, 6) is 2.39. The van der Waals surface area contributed by atoms with Crippen LogP contribution in [0.4, 0.5) is 5.82 Å². The minimum atomic E-state index is 0.661. The number of hydrogen-bond acceptors (Lipinski definition) is 7. The van der Waals surface area contributed by atoms with Crippen LogP contribution < -0.4 is 9.64 Å². The number of piperazine rings is 1. The molecule has 8 nitrogen and oxygen atoms in total. The number of ether oxygens (including phenoxy) is 1. The highest BCUT2D eigenvalue weighted by Crippen LogP contribution is 2.18. The van der Waals surface area contributed by atoms with Crippen molar-refractivity contribution >= 4 is 5.82 Å². The van der Waals surface area contributed by atoms with Crippen molar-refractivity contribution in [3.8, 4) is 11.7 Å². The maximum atomic E-state index is 5.21. The lowest BCUT2D eigenvalue weighted by molar-refractivity contribution is 0.249. The van der Waals surface area contributed by atoms with Crippen LogP contribution in [-0.2, 0) is 6.54 Å². The molecule has 0 spiro atoms. The molecular weight excluding hydrogens is 342 g/mol. The Hall–Kier alpha value is -3.00. The minimum Gasteiger partial charge on any atom is -0.481 e. The predicted octanol–water partition coefficient (Wildman–Crippen LogP) is 1.70. The van der Waals surface area contributed by atoms with Crippen LogP contribution in [0.3, 0.4) is 0 Å². The van der Waals surface area contributed by atoms with Crippen LogP contribution in [0, 0.1) is 6.92 Å². The maximum Gasteiger partial charge on any atom is 0.213 e. The highest BCUT2D eigenvalue weighted by Gasteiger charge is 2.19. The normalized spacial score (nSPS) is 15.1. The number of methoxy groups -OCH3 is 1. The number of pyridine rings is 1. The molecule has 4 heterocycles. The van der Waals surface area contributed by atoms with Crippen LogP contribution in [0.2, 0.25) is 0 Å². The average molecular weight is 365 g/mol. The van der Waals surface area contributed by atoms with Gasteiger partial charge in [-0.3, -0.25) is 4.90 Å². The third kappa shape index (κ3) is 4.06. The molecule has 3 aromatic heterocycles. The van der Waals surface area contributed by atoms with Crippen molar-refractivity contribution in [1.82, 2.24) is 29.6 Å². The molecule has 0 radical (unpaired) electrons. The third-order valence-electron chi connectivity index (χ3n) is 4.71. The Morgan fingerprint density at radius 1 is 1.00 bits per heavy atom. The molecule has 1 aliphatic heterocycles. The molecule has 0 bridgehead atoms. The first-order chi connectivity index (χ1) is 13.2. The van der Waals surface area contributed by atoms with Crippen LogP contribution in [0.15, 0.2) is 43.0 Å². The highest BCUT2D eigenvalue weighted by molar-refractivity contribution is 5.43. The van der Waals surface area contributed by atoms with Crippen molar-refractivity contribution in [3.63, 3.8) is 0 Å². The molecule has 1 saturated heterocycles. The molecule has 0 aliphatic carbocycles. The topological polar surface area (TPSA) is 72.2 Å². The van der Waals surface area contributed by atoms with Crippen LogP contribution in [0.25, 0.3) is 5.82 Å². The van der Waals surface area contributed by atoms with E-state index >= 15 is 0 Å². The fraction of sp³-hybridized carbons (Fsp3) is 0.368. The highest BCUT2D eigenvalue weighted by atomic mass is 16.5. The minimum absolute atomic E-state index is 0.661. The zero-order chi connectivity index (χ0) is 18.6. The molecule has 0 aromatic carbocycles. The van der Waals surface area contributed by atoms with Gasteiger partial charge in [-0.05, 0) is 24.6 Å². The van der Waals surface area contributed by atoms with Gasteiger partial charge in [-0.1, -0.05) is 0 Å². The van der Waals surface area contributed by atoms with Crippen molar-refractivity contribution in [2.24, 2.45) is 0 Å². The molecule has 4 rings (SSSR count). The standard InChI is InChI=1S/C19H23N7O/c1-15-4-6-26(23-15)18-12-17(21-14-22-18)25-9-7-24(8-10-25)13-16-3-5-20-19(11-16)27-2/h3-6,11-12,14H,7-10,13H2,1-2H3. The number of nitrogens with zero attached hydrogens (tertiary/aromatic N) is 7. The first-order valence-electron chi connectivity index (χ1n) is 9.02. The Morgan fingerprint density at radius 2 is 1.81 bits per heavy atom. The van der Waals surface area contributed by atoms with E-state index in [0.717, 1.165) is 50.1 Å². The van der Waals surface area contributed by atoms with Crippen molar-refractivity contribution in [3.05, 3.63) is 54.2 Å². The Kier molecular flexibility index (Phi) is 4.97. The van der Waals surface area contributed by atoms with E-state index in [1.807, 2.05) is 37.4 Å². The Balaban J connectivity index is 1.39. The molecule has 0 saturated carbocycles. The summed E-state index contributed by atoms with van der Waals surface area (Å²) in [6.07, 6.45) is 5.32. The second-order valence-electron chi connectivity index (χ2n) is 6.61. The molecule has 27 heavy (non-hydrogen) atoms. The molecule has 1 fully saturated rings. The van der Waals surface area contributed by atoms with Gasteiger partial charge in [0.2, 0.25) is 5.88 Å². The van der Waals surface area contributed by atoms with Gasteiger partial charge in [0, 0.05) is 57.3 Å². The van der Waals surface area contributed by atoms with Crippen molar-refractivity contribution < 1.29 is 4.74 Å². The van der Waals surface area contributed by atoms with Crippen molar-refractivity contribution in [2.75, 3.05) is 38.2 Å². The summed E-state index contributed by atoms with van der Waals surface area (Å²) < 4.78 is 6.99. The number of anilines is 1. The summed E-state index contributed by atoms with van der Waals surface area (Å²) >= 11 is 0. The van der Waals surface area contributed by atoms with E-state index in [2.05, 4.69) is 29.9 Å². The molecule has 140 valence electrons. The van der Waals surface area contributed by atoms with E-state index in [1.54, 1.807) is 24.3 Å². The number of aryl methyl sites for hydroxylation is 1. The van der Waals surface area contributed by atoms with Crippen molar-refractivity contribution in [2.45, 2.75) is 13.5 Å². The fourth-order valence-electron chi connectivity index (χ4n) is 3.23. The lowest BCUT2D eigenvalue weighted by Crippen LogP contribution is -2.46. The summed E-state index contributed by atoms with van der Waals surface area (Å²) in [4.78, 5) is 17.7. The summed E-state index contributed by atoms with van der Waals surface area (Å²) in [5, 5.41) is 4.42. The Morgan fingerprint density at radius 3 is 2.56 bits per heavy atom. The van der Waals surface area contributed by atoms with Gasteiger partial charge in [-0.2, -0.15) is 5.10 Å². The molecule has 3 aromatic rings. The SMILES string of the molecule is COc1cc(CN2CCN(c3cc(-n4ccc(C)n4)ncn3)CC2)ccn1. The van der Waals surface area contributed by atoms with Gasteiger partial charge >= 0.3 is 0 Å². The molecule has 0 atom stereocenters. The smallest absolute Gasteiger partial charge is 0.213 e. The lowest BCUT2D eigenvalue weighted by Gasteiger charge is -2.35. The first-order valence-corrected chi connectivity index (χ1v) is 9.02. The zero-order valence-corrected chi connectivity index (χ0v) is 15.6. The number of hydrogen-bond donors (Lipinski definition) is 0. The van der Waals surface area contributed by atoms with Crippen LogP contribution in [-0.4, -0.2) is 62.9 Å². The van der Waals surface area contributed by atoms with Crippen LogP contribution in [0.1, 0.15) is 11.3 Å². The third-order valence-corrected chi connectivity index (χ3v) is 4.71. The van der Waals surface area contributed by atoms with E-state index in [0.29, 0.717) is 5.88 Å². The summed E-state index contributed by atoms with van der Waals surface area (Å²) in [6.45, 7) is 6.67.